The molecule has 1 fully saturated rings. The molecular weight excluding hydrogens is 565 g/mol. The van der Waals surface area contributed by atoms with E-state index in [9.17, 15) is 14.0 Å². The number of rotatable bonds is 7. The van der Waals surface area contributed by atoms with Crippen molar-refractivity contribution in [3.8, 4) is 11.1 Å². The summed E-state index contributed by atoms with van der Waals surface area (Å²) < 4.78 is 20.0. The summed E-state index contributed by atoms with van der Waals surface area (Å²) in [4.78, 5) is 27.0. The number of nitrogens with zero attached hydrogens (tertiary/aromatic N) is 1. The summed E-state index contributed by atoms with van der Waals surface area (Å²) in [6.45, 7) is 6.00. The average Bonchev–Trinajstić information content (AvgIpc) is 3.45. The predicted molar refractivity (Wildman–Crippen MR) is 170 cm³/mol. The first-order valence-corrected chi connectivity index (χ1v) is 14.9. The number of nitrogens with one attached hydrogen (secondary N) is 2. The average molecular weight is 598 g/mol. The highest BCUT2D eigenvalue weighted by Crippen LogP contribution is 2.37. The summed E-state index contributed by atoms with van der Waals surface area (Å²) in [7, 11) is 0. The van der Waals surface area contributed by atoms with Gasteiger partial charge in [-0.05, 0) is 97.2 Å². The lowest BCUT2D eigenvalue weighted by molar-refractivity contribution is -0.114. The van der Waals surface area contributed by atoms with Crippen molar-refractivity contribution in [2.75, 3.05) is 25.0 Å². The molecule has 0 radical (unpaired) electrons. The van der Waals surface area contributed by atoms with Gasteiger partial charge in [0.05, 0.1) is 5.02 Å². The summed E-state index contributed by atoms with van der Waals surface area (Å²) in [5.74, 6) is -0.111. The maximum Gasteiger partial charge on any atom is 0.287 e. The van der Waals surface area contributed by atoms with Gasteiger partial charge in [0.1, 0.15) is 11.4 Å². The zero-order valence-electron chi connectivity index (χ0n) is 24.1. The number of hydrogen-bond donors (Lipinski definition) is 2. The number of benzene rings is 4. The van der Waals surface area contributed by atoms with Gasteiger partial charge in [-0.3, -0.25) is 14.5 Å². The molecular formula is C35H33ClFN3O3. The molecule has 220 valence electrons. The summed E-state index contributed by atoms with van der Waals surface area (Å²) in [6.07, 6.45) is 2.03. The highest BCUT2D eigenvalue weighted by molar-refractivity contribution is 6.31. The fraction of sp³-hybridized carbons (Fsp3) is 0.257. The van der Waals surface area contributed by atoms with Gasteiger partial charge in [-0.1, -0.05) is 54.1 Å². The first-order valence-electron chi connectivity index (χ1n) is 14.6. The van der Waals surface area contributed by atoms with E-state index in [2.05, 4.69) is 34.6 Å². The molecule has 8 heteroatoms. The van der Waals surface area contributed by atoms with E-state index in [0.29, 0.717) is 18.0 Å². The summed E-state index contributed by atoms with van der Waals surface area (Å²) in [5.41, 5.74) is 4.38. The molecule has 43 heavy (non-hydrogen) atoms. The number of furan rings is 1. The molecule has 0 spiro atoms. The maximum atomic E-state index is 13.9. The van der Waals surface area contributed by atoms with E-state index in [1.165, 1.54) is 18.6 Å². The Bertz CT molecular complexity index is 1830. The van der Waals surface area contributed by atoms with Gasteiger partial charge in [-0.2, -0.15) is 0 Å². The molecule has 1 unspecified atom stereocenters. The van der Waals surface area contributed by atoms with Crippen LogP contribution in [0.4, 0.5) is 10.1 Å². The van der Waals surface area contributed by atoms with E-state index in [1.54, 1.807) is 18.2 Å². The fourth-order valence-corrected chi connectivity index (χ4v) is 6.27. The fourth-order valence-electron chi connectivity index (χ4n) is 6.09. The molecule has 5 aromatic rings. The second-order valence-electron chi connectivity index (χ2n) is 11.3. The van der Waals surface area contributed by atoms with E-state index >= 15 is 0 Å². The maximum absolute atomic E-state index is 13.9. The van der Waals surface area contributed by atoms with Crippen molar-refractivity contribution in [3.63, 3.8) is 0 Å². The Morgan fingerprint density at radius 2 is 1.77 bits per heavy atom. The van der Waals surface area contributed by atoms with E-state index in [4.69, 9.17) is 16.0 Å². The lowest BCUT2D eigenvalue weighted by atomic mass is 9.88. The monoisotopic (exact) mass is 597 g/mol. The van der Waals surface area contributed by atoms with Crippen LogP contribution in [-0.4, -0.2) is 42.4 Å². The summed E-state index contributed by atoms with van der Waals surface area (Å²) >= 11 is 6.09. The second kappa shape index (κ2) is 12.2. The molecule has 1 aliphatic heterocycles. The minimum Gasteiger partial charge on any atom is -0.450 e. The lowest BCUT2D eigenvalue weighted by Gasteiger charge is -2.36. The van der Waals surface area contributed by atoms with Crippen LogP contribution in [0, 0.1) is 5.82 Å². The normalized spacial score (nSPS) is 15.1. The van der Waals surface area contributed by atoms with Crippen molar-refractivity contribution < 1.29 is 18.4 Å². The van der Waals surface area contributed by atoms with Crippen LogP contribution in [0.25, 0.3) is 32.9 Å². The minimum atomic E-state index is -0.467. The molecule has 2 heterocycles. The Labute approximate surface area is 254 Å². The molecule has 1 saturated heterocycles. The third-order valence-electron chi connectivity index (χ3n) is 8.37. The molecule has 1 aliphatic rings. The minimum absolute atomic E-state index is 0.0588. The smallest absolute Gasteiger partial charge is 0.287 e. The van der Waals surface area contributed by atoms with Crippen LogP contribution < -0.4 is 10.6 Å². The molecule has 0 saturated carbocycles. The Morgan fingerprint density at radius 3 is 2.51 bits per heavy atom. The number of likely N-dealkylation sites (tertiary alicyclic amines) is 1. The second-order valence-corrected chi connectivity index (χ2v) is 11.7. The van der Waals surface area contributed by atoms with Crippen LogP contribution in [0.15, 0.2) is 83.3 Å². The SMILES string of the molecule is CC(=O)Nc1cccc(C2CCN(C(C)CNC(=O)c3cc4cc(-c5ccc(F)c(Cl)c5)c5ccccc5c4o3)CC2)c1. The Kier molecular flexibility index (Phi) is 8.19. The Hall–Kier alpha value is -4.20. The molecule has 0 aliphatic carbocycles. The van der Waals surface area contributed by atoms with Gasteiger partial charge in [0.25, 0.3) is 5.91 Å². The molecule has 0 bridgehead atoms. The first-order chi connectivity index (χ1) is 20.8. The van der Waals surface area contributed by atoms with Crippen LogP contribution in [0.1, 0.15) is 48.7 Å². The molecule has 6 rings (SSSR count). The zero-order chi connectivity index (χ0) is 30.1. The first kappa shape index (κ1) is 28.9. The standard InChI is InChI=1S/C35H33ClFN3O3/c1-21(40-14-12-23(13-15-40)24-6-5-7-27(16-24)39-22(2)41)20-38-35(42)33-19-26-17-30(25-10-11-32(37)31(36)18-25)28-8-3-4-9-29(28)34(26)43-33/h3-11,16-19,21,23H,12-15,20H2,1-2H3,(H,38,42)(H,39,41). The van der Waals surface area contributed by atoms with Gasteiger partial charge >= 0.3 is 0 Å². The largest absolute Gasteiger partial charge is 0.450 e. The van der Waals surface area contributed by atoms with Crippen molar-refractivity contribution in [3.05, 3.63) is 101 Å². The number of anilines is 1. The number of piperidine rings is 1. The topological polar surface area (TPSA) is 74.6 Å². The predicted octanol–water partition coefficient (Wildman–Crippen LogP) is 8.00. The van der Waals surface area contributed by atoms with E-state index in [1.807, 2.05) is 42.5 Å². The lowest BCUT2D eigenvalue weighted by Crippen LogP contribution is -2.45. The number of carbonyl (C=O) groups is 2. The Morgan fingerprint density at radius 1 is 1.00 bits per heavy atom. The van der Waals surface area contributed by atoms with Crippen LogP contribution >= 0.6 is 11.6 Å². The molecule has 2 N–H and O–H groups in total. The molecule has 2 amide bonds. The van der Waals surface area contributed by atoms with Crippen LogP contribution in [0.3, 0.4) is 0 Å². The number of fused-ring (bicyclic) bond motifs is 3. The van der Waals surface area contributed by atoms with Crippen molar-refractivity contribution in [1.29, 1.82) is 0 Å². The van der Waals surface area contributed by atoms with Crippen molar-refractivity contribution in [1.82, 2.24) is 10.2 Å². The van der Waals surface area contributed by atoms with E-state index < -0.39 is 5.82 Å². The van der Waals surface area contributed by atoms with Gasteiger partial charge in [0, 0.05) is 36.0 Å². The number of halogens is 2. The quantitative estimate of drug-likeness (QED) is 0.199. The van der Waals surface area contributed by atoms with Gasteiger partial charge < -0.3 is 15.1 Å². The van der Waals surface area contributed by atoms with E-state index in [0.717, 1.165) is 58.9 Å². The highest BCUT2D eigenvalue weighted by Gasteiger charge is 2.25. The Balaban J connectivity index is 1.12. The van der Waals surface area contributed by atoms with Gasteiger partial charge in [-0.25, -0.2) is 4.39 Å². The number of hydrogen-bond acceptors (Lipinski definition) is 4. The van der Waals surface area contributed by atoms with Gasteiger partial charge in [0.2, 0.25) is 5.91 Å². The summed E-state index contributed by atoms with van der Waals surface area (Å²) in [5, 5.41) is 8.57. The van der Waals surface area contributed by atoms with Crippen molar-refractivity contribution in [2.45, 2.75) is 38.6 Å². The summed E-state index contributed by atoms with van der Waals surface area (Å²) in [6, 6.07) is 24.5. The van der Waals surface area contributed by atoms with Crippen molar-refractivity contribution >= 4 is 50.8 Å². The van der Waals surface area contributed by atoms with Crippen LogP contribution in [0.5, 0.6) is 0 Å². The number of amides is 2. The number of carbonyl (C=O) groups excluding carboxylic acids is 2. The van der Waals surface area contributed by atoms with Crippen LogP contribution in [-0.2, 0) is 4.79 Å². The van der Waals surface area contributed by atoms with Crippen molar-refractivity contribution in [2.24, 2.45) is 0 Å². The molecule has 1 atom stereocenters. The third kappa shape index (κ3) is 6.14. The third-order valence-corrected chi connectivity index (χ3v) is 8.66. The molecule has 1 aromatic heterocycles. The van der Waals surface area contributed by atoms with E-state index in [-0.39, 0.29) is 28.6 Å². The van der Waals surface area contributed by atoms with Gasteiger partial charge in [0.15, 0.2) is 5.76 Å². The van der Waals surface area contributed by atoms with Gasteiger partial charge in [-0.15, -0.1) is 0 Å². The van der Waals surface area contributed by atoms with Crippen LogP contribution in [0.2, 0.25) is 5.02 Å². The highest BCUT2D eigenvalue weighted by atomic mass is 35.5. The molecule has 4 aromatic carbocycles. The zero-order valence-corrected chi connectivity index (χ0v) is 24.9. The molecule has 6 nitrogen and oxygen atoms in total.